The Labute approximate surface area is 91.2 Å². The number of fused-ring (bicyclic) bond motifs is 1. The first-order chi connectivity index (χ1) is 7.26. The Morgan fingerprint density at radius 3 is 2.93 bits per heavy atom. The smallest absolute Gasteiger partial charge is 0.0834 e. The molecule has 4 nitrogen and oxygen atoms in total. The first-order valence-electron chi connectivity index (χ1n) is 5.90. The average molecular weight is 214 g/mol. The minimum absolute atomic E-state index is 0.0198. The predicted molar refractivity (Wildman–Crippen MR) is 58.5 cm³/mol. The highest BCUT2D eigenvalue weighted by molar-refractivity contribution is 4.98. The third-order valence-corrected chi connectivity index (χ3v) is 4.03. The lowest BCUT2D eigenvalue weighted by Gasteiger charge is -2.36. The summed E-state index contributed by atoms with van der Waals surface area (Å²) in [6.07, 6.45) is 2.59. The van der Waals surface area contributed by atoms with Crippen LogP contribution in [-0.4, -0.2) is 43.6 Å². The molecule has 0 amide bonds. The Bertz CT molecular complexity index is 207. The van der Waals surface area contributed by atoms with Crippen LogP contribution in [0.4, 0.5) is 0 Å². The normalized spacial score (nSPS) is 45.4. The highest BCUT2D eigenvalue weighted by Gasteiger charge is 2.43. The zero-order valence-electron chi connectivity index (χ0n) is 9.36. The van der Waals surface area contributed by atoms with E-state index in [1.807, 2.05) is 0 Å². The number of hydrogen-bond acceptors (Lipinski definition) is 4. The molecule has 0 bridgehead atoms. The first kappa shape index (κ1) is 11.3. The van der Waals surface area contributed by atoms with E-state index in [1.165, 1.54) is 0 Å². The Balaban J connectivity index is 1.98. The van der Waals surface area contributed by atoms with Crippen molar-refractivity contribution >= 4 is 0 Å². The standard InChI is InChI=1S/C11H22N2O2/c1-15-11-4-8-7(2-3-12)6-13-9(8)5-10(11)14/h7-11,13-14H,2-6,12H2,1H3. The van der Waals surface area contributed by atoms with Gasteiger partial charge in [0.2, 0.25) is 0 Å². The summed E-state index contributed by atoms with van der Waals surface area (Å²) in [5.74, 6) is 1.31. The van der Waals surface area contributed by atoms with E-state index in [1.54, 1.807) is 7.11 Å². The van der Waals surface area contributed by atoms with Gasteiger partial charge < -0.3 is 20.9 Å². The third-order valence-electron chi connectivity index (χ3n) is 4.03. The van der Waals surface area contributed by atoms with Crippen molar-refractivity contribution in [3.63, 3.8) is 0 Å². The van der Waals surface area contributed by atoms with Gasteiger partial charge in [-0.15, -0.1) is 0 Å². The van der Waals surface area contributed by atoms with Crippen molar-refractivity contribution in [2.24, 2.45) is 17.6 Å². The molecule has 1 aliphatic heterocycles. The zero-order chi connectivity index (χ0) is 10.8. The summed E-state index contributed by atoms with van der Waals surface area (Å²) in [5, 5.41) is 13.3. The van der Waals surface area contributed by atoms with Gasteiger partial charge in [-0.1, -0.05) is 0 Å². The fourth-order valence-corrected chi connectivity index (χ4v) is 3.17. The molecule has 4 N–H and O–H groups in total. The SMILES string of the molecule is COC1CC2C(CCN)CNC2CC1O. The Kier molecular flexibility index (Phi) is 3.61. The topological polar surface area (TPSA) is 67.5 Å². The molecule has 15 heavy (non-hydrogen) atoms. The van der Waals surface area contributed by atoms with Gasteiger partial charge in [0, 0.05) is 13.2 Å². The lowest BCUT2D eigenvalue weighted by molar-refractivity contribution is -0.0589. The number of nitrogens with one attached hydrogen (secondary N) is 1. The molecule has 0 aromatic rings. The Morgan fingerprint density at radius 2 is 2.27 bits per heavy atom. The van der Waals surface area contributed by atoms with Gasteiger partial charge in [0.1, 0.15) is 0 Å². The molecule has 1 saturated heterocycles. The van der Waals surface area contributed by atoms with Crippen LogP contribution >= 0.6 is 0 Å². The van der Waals surface area contributed by atoms with E-state index in [0.717, 1.165) is 32.4 Å². The zero-order valence-corrected chi connectivity index (χ0v) is 9.36. The van der Waals surface area contributed by atoms with Crippen LogP contribution < -0.4 is 11.1 Å². The van der Waals surface area contributed by atoms with E-state index in [2.05, 4.69) is 5.32 Å². The molecular formula is C11H22N2O2. The maximum absolute atomic E-state index is 9.84. The van der Waals surface area contributed by atoms with Gasteiger partial charge in [0.05, 0.1) is 12.2 Å². The molecule has 2 fully saturated rings. The van der Waals surface area contributed by atoms with Crippen molar-refractivity contribution in [3.05, 3.63) is 0 Å². The van der Waals surface area contributed by atoms with Crippen molar-refractivity contribution < 1.29 is 9.84 Å². The van der Waals surface area contributed by atoms with Crippen LogP contribution in [0.1, 0.15) is 19.3 Å². The van der Waals surface area contributed by atoms with Gasteiger partial charge in [0.25, 0.3) is 0 Å². The second-order valence-electron chi connectivity index (χ2n) is 4.83. The van der Waals surface area contributed by atoms with Crippen LogP contribution in [0, 0.1) is 11.8 Å². The molecule has 0 aromatic carbocycles. The first-order valence-corrected chi connectivity index (χ1v) is 5.90. The molecular weight excluding hydrogens is 192 g/mol. The van der Waals surface area contributed by atoms with Gasteiger partial charge in [-0.3, -0.25) is 0 Å². The highest BCUT2D eigenvalue weighted by atomic mass is 16.5. The minimum atomic E-state index is -0.305. The third kappa shape index (κ3) is 2.18. The number of ether oxygens (including phenoxy) is 1. The molecule has 0 radical (unpaired) electrons. The summed E-state index contributed by atoms with van der Waals surface area (Å²) in [5.41, 5.74) is 5.62. The second kappa shape index (κ2) is 4.78. The quantitative estimate of drug-likeness (QED) is 0.604. The van der Waals surface area contributed by atoms with Gasteiger partial charge in [0.15, 0.2) is 0 Å². The van der Waals surface area contributed by atoms with E-state index < -0.39 is 0 Å². The fraction of sp³-hybridized carbons (Fsp3) is 1.00. The molecule has 1 heterocycles. The summed E-state index contributed by atoms with van der Waals surface area (Å²) in [6, 6.07) is 0.475. The van der Waals surface area contributed by atoms with Gasteiger partial charge in [-0.2, -0.15) is 0 Å². The monoisotopic (exact) mass is 214 g/mol. The average Bonchev–Trinajstić information content (AvgIpc) is 2.60. The molecule has 4 heteroatoms. The van der Waals surface area contributed by atoms with Crippen LogP contribution in [0.25, 0.3) is 0 Å². The lowest BCUT2D eigenvalue weighted by atomic mass is 9.76. The lowest BCUT2D eigenvalue weighted by Crippen LogP contribution is -2.45. The van der Waals surface area contributed by atoms with E-state index >= 15 is 0 Å². The Morgan fingerprint density at radius 1 is 1.47 bits per heavy atom. The van der Waals surface area contributed by atoms with Gasteiger partial charge >= 0.3 is 0 Å². The van der Waals surface area contributed by atoms with Crippen molar-refractivity contribution in [2.45, 2.75) is 37.5 Å². The molecule has 88 valence electrons. The van der Waals surface area contributed by atoms with E-state index in [-0.39, 0.29) is 12.2 Å². The van der Waals surface area contributed by atoms with Gasteiger partial charge in [-0.05, 0) is 44.2 Å². The van der Waals surface area contributed by atoms with E-state index in [4.69, 9.17) is 10.5 Å². The summed E-state index contributed by atoms with van der Waals surface area (Å²) in [6.45, 7) is 1.81. The maximum atomic E-state index is 9.84. The molecule has 2 rings (SSSR count). The van der Waals surface area contributed by atoms with Crippen LogP contribution in [-0.2, 0) is 4.74 Å². The second-order valence-corrected chi connectivity index (χ2v) is 4.83. The number of aliphatic hydroxyl groups is 1. The summed E-state index contributed by atoms with van der Waals surface area (Å²) < 4.78 is 5.33. The number of hydrogen-bond donors (Lipinski definition) is 3. The minimum Gasteiger partial charge on any atom is -0.390 e. The molecule has 0 spiro atoms. The molecule has 2 aliphatic rings. The van der Waals surface area contributed by atoms with Gasteiger partial charge in [-0.25, -0.2) is 0 Å². The van der Waals surface area contributed by atoms with Crippen molar-refractivity contribution in [1.82, 2.24) is 5.32 Å². The van der Waals surface area contributed by atoms with Crippen molar-refractivity contribution in [1.29, 1.82) is 0 Å². The fourth-order valence-electron chi connectivity index (χ4n) is 3.17. The summed E-state index contributed by atoms with van der Waals surface area (Å²) in [4.78, 5) is 0. The number of methoxy groups -OCH3 is 1. The highest BCUT2D eigenvalue weighted by Crippen LogP contribution is 2.37. The molecule has 5 unspecified atom stereocenters. The summed E-state index contributed by atoms with van der Waals surface area (Å²) >= 11 is 0. The predicted octanol–water partition coefficient (Wildman–Crippen LogP) is -0.291. The Hall–Kier alpha value is -0.160. The van der Waals surface area contributed by atoms with Crippen molar-refractivity contribution in [2.75, 3.05) is 20.2 Å². The molecule has 1 aliphatic carbocycles. The number of aliphatic hydroxyl groups excluding tert-OH is 1. The van der Waals surface area contributed by atoms with Crippen LogP contribution in [0.3, 0.4) is 0 Å². The van der Waals surface area contributed by atoms with Crippen LogP contribution in [0.15, 0.2) is 0 Å². The maximum Gasteiger partial charge on any atom is 0.0834 e. The molecule has 1 saturated carbocycles. The molecule has 5 atom stereocenters. The molecule has 0 aromatic heterocycles. The van der Waals surface area contributed by atoms with Crippen LogP contribution in [0.5, 0.6) is 0 Å². The van der Waals surface area contributed by atoms with Crippen LogP contribution in [0.2, 0.25) is 0 Å². The van der Waals surface area contributed by atoms with E-state index in [9.17, 15) is 5.11 Å². The largest absolute Gasteiger partial charge is 0.390 e. The van der Waals surface area contributed by atoms with Crippen molar-refractivity contribution in [3.8, 4) is 0 Å². The van der Waals surface area contributed by atoms with E-state index in [0.29, 0.717) is 17.9 Å². The summed E-state index contributed by atoms with van der Waals surface area (Å²) in [7, 11) is 1.69. The number of rotatable bonds is 3. The number of nitrogens with two attached hydrogens (primary N) is 1.